The fraction of sp³-hybridized carbons (Fsp3) is 0.429. The first-order chi connectivity index (χ1) is 5.25. The van der Waals surface area contributed by atoms with Gasteiger partial charge in [-0.05, 0) is 25.5 Å². The van der Waals surface area contributed by atoms with Crippen LogP contribution in [0.4, 0.5) is 0 Å². The Morgan fingerprint density at radius 3 is 2.91 bits per heavy atom. The van der Waals surface area contributed by atoms with Crippen molar-refractivity contribution in [3.05, 3.63) is 23.2 Å². The molecule has 0 bridgehead atoms. The summed E-state index contributed by atoms with van der Waals surface area (Å²) in [4.78, 5) is 0. The smallest absolute Gasteiger partial charge is 0.0966 e. The van der Waals surface area contributed by atoms with Gasteiger partial charge in [-0.15, -0.1) is 5.10 Å². The van der Waals surface area contributed by atoms with Crippen LogP contribution >= 0.6 is 11.5 Å². The highest BCUT2D eigenvalue weighted by molar-refractivity contribution is 7.03. The van der Waals surface area contributed by atoms with Gasteiger partial charge in [0, 0.05) is 5.38 Å². The molecule has 0 saturated heterocycles. The SMILES string of the molecule is C=C(C)C(NC)c1csnn1. The average Bonchev–Trinajstić information content (AvgIpc) is 2.40. The van der Waals surface area contributed by atoms with Crippen molar-refractivity contribution in [1.29, 1.82) is 0 Å². The zero-order valence-electron chi connectivity index (χ0n) is 6.66. The number of rotatable bonds is 3. The largest absolute Gasteiger partial charge is 0.308 e. The minimum absolute atomic E-state index is 0.147. The van der Waals surface area contributed by atoms with E-state index < -0.39 is 0 Å². The number of aromatic nitrogens is 2. The van der Waals surface area contributed by atoms with Crippen molar-refractivity contribution in [3.63, 3.8) is 0 Å². The summed E-state index contributed by atoms with van der Waals surface area (Å²) in [5.74, 6) is 0. The van der Waals surface area contributed by atoms with Gasteiger partial charge in [0.15, 0.2) is 0 Å². The molecule has 0 aliphatic rings. The van der Waals surface area contributed by atoms with E-state index in [1.54, 1.807) is 0 Å². The number of nitrogens with one attached hydrogen (secondary N) is 1. The minimum Gasteiger partial charge on any atom is -0.308 e. The Bertz CT molecular complexity index is 230. The highest BCUT2D eigenvalue weighted by atomic mass is 32.1. The van der Waals surface area contributed by atoms with Crippen molar-refractivity contribution < 1.29 is 0 Å². The summed E-state index contributed by atoms with van der Waals surface area (Å²) in [7, 11) is 1.89. The first kappa shape index (κ1) is 8.36. The quantitative estimate of drug-likeness (QED) is 0.694. The van der Waals surface area contributed by atoms with E-state index in [-0.39, 0.29) is 6.04 Å². The standard InChI is InChI=1S/C7H11N3S/c1-5(2)7(8-3)6-4-11-10-9-6/h4,7-8H,1H2,2-3H3. The molecule has 1 unspecified atom stereocenters. The summed E-state index contributed by atoms with van der Waals surface area (Å²) in [5.41, 5.74) is 2.00. The zero-order valence-corrected chi connectivity index (χ0v) is 7.48. The number of hydrogen-bond donors (Lipinski definition) is 1. The molecule has 0 aliphatic heterocycles. The maximum absolute atomic E-state index is 3.95. The van der Waals surface area contributed by atoms with Crippen LogP contribution in [0.2, 0.25) is 0 Å². The Kier molecular flexibility index (Phi) is 2.73. The van der Waals surface area contributed by atoms with Crippen LogP contribution < -0.4 is 5.32 Å². The normalized spacial score (nSPS) is 12.9. The highest BCUT2D eigenvalue weighted by Gasteiger charge is 2.11. The molecule has 60 valence electrons. The average molecular weight is 169 g/mol. The lowest BCUT2D eigenvalue weighted by molar-refractivity contribution is 0.657. The predicted octanol–water partition coefficient (Wildman–Crippen LogP) is 1.37. The second-order valence-corrected chi connectivity index (χ2v) is 3.01. The van der Waals surface area contributed by atoms with Gasteiger partial charge in [0.05, 0.1) is 11.7 Å². The molecule has 0 saturated carbocycles. The highest BCUT2D eigenvalue weighted by Crippen LogP contribution is 2.17. The summed E-state index contributed by atoms with van der Waals surface area (Å²) in [5, 5.41) is 8.99. The number of hydrogen-bond acceptors (Lipinski definition) is 4. The van der Waals surface area contributed by atoms with Gasteiger partial charge in [0.1, 0.15) is 0 Å². The van der Waals surface area contributed by atoms with Gasteiger partial charge in [-0.3, -0.25) is 0 Å². The molecule has 3 nitrogen and oxygen atoms in total. The van der Waals surface area contributed by atoms with Crippen LogP contribution in [0.25, 0.3) is 0 Å². The van der Waals surface area contributed by atoms with Gasteiger partial charge >= 0.3 is 0 Å². The lowest BCUT2D eigenvalue weighted by Gasteiger charge is -2.11. The van der Waals surface area contributed by atoms with E-state index in [1.807, 2.05) is 19.4 Å². The summed E-state index contributed by atoms with van der Waals surface area (Å²) < 4.78 is 3.78. The van der Waals surface area contributed by atoms with E-state index in [0.29, 0.717) is 0 Å². The van der Waals surface area contributed by atoms with E-state index in [0.717, 1.165) is 11.3 Å². The molecule has 0 amide bonds. The van der Waals surface area contributed by atoms with Crippen molar-refractivity contribution in [2.45, 2.75) is 13.0 Å². The van der Waals surface area contributed by atoms with Crippen molar-refractivity contribution in [2.24, 2.45) is 0 Å². The number of nitrogens with zero attached hydrogens (tertiary/aromatic N) is 2. The Hall–Kier alpha value is -0.740. The lowest BCUT2D eigenvalue weighted by Crippen LogP contribution is -2.17. The van der Waals surface area contributed by atoms with Gasteiger partial charge in [-0.1, -0.05) is 16.6 Å². The molecule has 0 aliphatic carbocycles. The third kappa shape index (κ3) is 1.85. The molecule has 1 aromatic rings. The van der Waals surface area contributed by atoms with E-state index in [1.165, 1.54) is 11.5 Å². The third-order valence-electron chi connectivity index (χ3n) is 1.45. The fourth-order valence-electron chi connectivity index (χ4n) is 0.944. The summed E-state index contributed by atoms with van der Waals surface area (Å²) >= 11 is 1.36. The van der Waals surface area contributed by atoms with Crippen molar-refractivity contribution >= 4 is 11.5 Å². The molecule has 1 N–H and O–H groups in total. The molecule has 1 heterocycles. The van der Waals surface area contributed by atoms with Gasteiger partial charge in [-0.2, -0.15) is 0 Å². The summed E-state index contributed by atoms with van der Waals surface area (Å²) in [6.07, 6.45) is 0. The van der Waals surface area contributed by atoms with Gasteiger partial charge in [0.2, 0.25) is 0 Å². The monoisotopic (exact) mass is 169 g/mol. The van der Waals surface area contributed by atoms with Crippen molar-refractivity contribution in [3.8, 4) is 0 Å². The van der Waals surface area contributed by atoms with Crippen LogP contribution in [0.5, 0.6) is 0 Å². The topological polar surface area (TPSA) is 37.8 Å². The summed E-state index contributed by atoms with van der Waals surface area (Å²) in [6, 6.07) is 0.147. The van der Waals surface area contributed by atoms with Gasteiger partial charge in [-0.25, -0.2) is 0 Å². The third-order valence-corrected chi connectivity index (χ3v) is 1.98. The molecule has 0 aromatic carbocycles. The molecule has 1 aromatic heterocycles. The molecule has 1 rings (SSSR count). The van der Waals surface area contributed by atoms with Crippen LogP contribution in [0.3, 0.4) is 0 Å². The first-order valence-electron chi connectivity index (χ1n) is 3.35. The van der Waals surface area contributed by atoms with Crippen molar-refractivity contribution in [2.75, 3.05) is 7.05 Å². The van der Waals surface area contributed by atoms with E-state index in [9.17, 15) is 0 Å². The molecular formula is C7H11N3S. The molecule has 4 heteroatoms. The molecule has 0 spiro atoms. The van der Waals surface area contributed by atoms with E-state index in [4.69, 9.17) is 0 Å². The first-order valence-corrected chi connectivity index (χ1v) is 4.19. The second-order valence-electron chi connectivity index (χ2n) is 2.40. The molecule has 0 fully saturated rings. The number of likely N-dealkylation sites (N-methyl/N-ethyl adjacent to an activating group) is 1. The van der Waals surface area contributed by atoms with Crippen LogP contribution in [0.1, 0.15) is 18.7 Å². The molecular weight excluding hydrogens is 158 g/mol. The fourth-order valence-corrected chi connectivity index (χ4v) is 1.42. The van der Waals surface area contributed by atoms with Crippen LogP contribution in [-0.4, -0.2) is 16.6 Å². The maximum atomic E-state index is 3.95. The van der Waals surface area contributed by atoms with Gasteiger partial charge in [0.25, 0.3) is 0 Å². The molecule has 0 radical (unpaired) electrons. The van der Waals surface area contributed by atoms with E-state index >= 15 is 0 Å². The Morgan fingerprint density at radius 1 is 1.82 bits per heavy atom. The summed E-state index contributed by atoms with van der Waals surface area (Å²) in [6.45, 7) is 5.83. The molecule has 11 heavy (non-hydrogen) atoms. The van der Waals surface area contributed by atoms with Crippen LogP contribution in [0, 0.1) is 0 Å². The Morgan fingerprint density at radius 2 is 2.55 bits per heavy atom. The predicted molar refractivity (Wildman–Crippen MR) is 46.5 cm³/mol. The Labute approximate surface area is 70.3 Å². The van der Waals surface area contributed by atoms with Gasteiger partial charge < -0.3 is 5.32 Å². The van der Waals surface area contributed by atoms with Crippen LogP contribution in [-0.2, 0) is 0 Å². The maximum Gasteiger partial charge on any atom is 0.0966 e. The van der Waals surface area contributed by atoms with Crippen LogP contribution in [0.15, 0.2) is 17.5 Å². The van der Waals surface area contributed by atoms with Crippen molar-refractivity contribution in [1.82, 2.24) is 14.9 Å². The zero-order chi connectivity index (χ0) is 8.27. The lowest BCUT2D eigenvalue weighted by atomic mass is 10.1. The minimum atomic E-state index is 0.147. The Balaban J connectivity index is 2.79. The molecule has 1 atom stereocenters. The van der Waals surface area contributed by atoms with E-state index in [2.05, 4.69) is 21.5 Å². The second kappa shape index (κ2) is 3.59.